The summed E-state index contributed by atoms with van der Waals surface area (Å²) >= 11 is 0. The Bertz CT molecular complexity index is 2300. The lowest BCUT2D eigenvalue weighted by Gasteiger charge is -2.31. The molecule has 3 aliphatic rings. The molecule has 3 aliphatic heterocycles. The third-order valence-corrected chi connectivity index (χ3v) is 14.0. The van der Waals surface area contributed by atoms with Crippen LogP contribution < -0.4 is 76.9 Å². The number of hydrogen-bond donors (Lipinski definition) is 17. The van der Waals surface area contributed by atoms with Gasteiger partial charge in [-0.05, 0) is 108 Å². The summed E-state index contributed by atoms with van der Waals surface area (Å²) in [7, 11) is 0. The van der Waals surface area contributed by atoms with E-state index in [-0.39, 0.29) is 133 Å². The lowest BCUT2D eigenvalue weighted by molar-refractivity contribution is -0.145. The van der Waals surface area contributed by atoms with Crippen molar-refractivity contribution in [2.75, 3.05) is 52.5 Å². The number of nitrogens with zero attached hydrogens (tertiary/aromatic N) is 5. The van der Waals surface area contributed by atoms with E-state index in [2.05, 4.69) is 57.5 Å². The quantitative estimate of drug-likeness (QED) is 0.0159. The molecule has 0 saturated carbocycles. The zero-order chi connectivity index (χ0) is 61.9. The van der Waals surface area contributed by atoms with Crippen LogP contribution in [0, 0.1) is 11.8 Å². The van der Waals surface area contributed by atoms with Crippen LogP contribution in [0.2, 0.25) is 0 Å². The fourth-order valence-electron chi connectivity index (χ4n) is 9.89. The van der Waals surface area contributed by atoms with Crippen molar-refractivity contribution in [1.82, 2.24) is 52.3 Å². The van der Waals surface area contributed by atoms with Gasteiger partial charge in [0.15, 0.2) is 17.9 Å². The number of carboxylic acid groups (broad SMARTS) is 1. The first-order valence-corrected chi connectivity index (χ1v) is 28.4. The zero-order valence-corrected chi connectivity index (χ0v) is 48.1. The highest BCUT2D eigenvalue weighted by molar-refractivity contribution is 5.99. The highest BCUT2D eigenvalue weighted by atomic mass is 16.4. The number of nitrogens with two attached hydrogens (primary N) is 6. The van der Waals surface area contributed by atoms with Gasteiger partial charge in [-0.3, -0.25) is 58.1 Å². The molecule has 0 unspecified atom stereocenters. The lowest BCUT2D eigenvalue weighted by Crippen LogP contribution is -2.61. The molecule has 3 fully saturated rings. The normalized spacial score (nSPS) is 19.2. The van der Waals surface area contributed by atoms with E-state index in [9.17, 15) is 63.3 Å². The topological polar surface area (TPSA) is 527 Å². The van der Waals surface area contributed by atoms with E-state index in [1.54, 1.807) is 13.8 Å². The van der Waals surface area contributed by atoms with Crippen LogP contribution in [-0.4, -0.2) is 215 Å². The first kappa shape index (κ1) is 69.7. The van der Waals surface area contributed by atoms with Crippen molar-refractivity contribution in [3.8, 4) is 0 Å². The number of aliphatic hydroxyl groups is 2. The third-order valence-electron chi connectivity index (χ3n) is 14.0. The smallest absolute Gasteiger partial charge is 0.326 e. The molecular weight excluding hydrogens is 1090 g/mol. The summed E-state index contributed by atoms with van der Waals surface area (Å²) in [5, 5.41) is 51.8. The van der Waals surface area contributed by atoms with Gasteiger partial charge in [0.05, 0.1) is 19.3 Å². The van der Waals surface area contributed by atoms with Gasteiger partial charge in [-0.1, -0.05) is 27.7 Å². The summed E-state index contributed by atoms with van der Waals surface area (Å²) in [5.41, 5.74) is 32.7. The van der Waals surface area contributed by atoms with E-state index in [0.29, 0.717) is 25.8 Å². The number of carbonyl (C=O) groups is 10. The second-order valence-electron chi connectivity index (χ2n) is 21.8. The highest BCUT2D eigenvalue weighted by Gasteiger charge is 2.42. The predicted molar refractivity (Wildman–Crippen MR) is 304 cm³/mol. The maximum Gasteiger partial charge on any atom is 0.326 e. The number of likely N-dealkylation sites (tertiary alicyclic amines) is 2. The van der Waals surface area contributed by atoms with Crippen molar-refractivity contribution in [3.05, 3.63) is 0 Å². The summed E-state index contributed by atoms with van der Waals surface area (Å²) in [6.07, 6.45) is 3.09. The maximum absolute atomic E-state index is 14.4. The maximum atomic E-state index is 14.4. The van der Waals surface area contributed by atoms with Gasteiger partial charge in [-0.15, -0.1) is 0 Å². The number of amides is 9. The highest BCUT2D eigenvalue weighted by Crippen LogP contribution is 2.23. The summed E-state index contributed by atoms with van der Waals surface area (Å²) in [5.74, 6) is -9.11. The number of aliphatic imine (C=N–C) groups is 3. The van der Waals surface area contributed by atoms with Crippen LogP contribution in [0.4, 0.5) is 0 Å². The number of rotatable bonds is 35. The van der Waals surface area contributed by atoms with E-state index in [1.165, 1.54) is 9.80 Å². The molecule has 0 aliphatic carbocycles. The van der Waals surface area contributed by atoms with Crippen molar-refractivity contribution >= 4 is 77.0 Å². The van der Waals surface area contributed by atoms with Gasteiger partial charge in [0, 0.05) is 32.7 Å². The van der Waals surface area contributed by atoms with Crippen LogP contribution in [0.25, 0.3) is 0 Å². The van der Waals surface area contributed by atoms with Gasteiger partial charge in [0.2, 0.25) is 53.2 Å². The first-order chi connectivity index (χ1) is 39.3. The number of aliphatic hydroxyl groups excluding tert-OH is 2. The van der Waals surface area contributed by atoms with E-state index in [1.807, 2.05) is 13.8 Å². The summed E-state index contributed by atoms with van der Waals surface area (Å²) in [6.45, 7) is 6.34. The molecule has 3 rings (SSSR count). The van der Waals surface area contributed by atoms with Gasteiger partial charge >= 0.3 is 5.97 Å². The van der Waals surface area contributed by atoms with Crippen molar-refractivity contribution in [2.45, 2.75) is 178 Å². The van der Waals surface area contributed by atoms with Crippen LogP contribution in [0.15, 0.2) is 15.0 Å². The standard InChI is InChI=1S/C51H91N19O13/c1-27(2)23-33(65-39(73)29-11-5-17-58-29)41(75)63-31(13-7-19-60-50(54)55)46(80)69-21-9-16-38(69)45(79)68-36(26-72)42(76)62-30(12-6-18-59-49(52)53)40(74)67-35(25-71)43(77)66-34(24-28(3)4)47(81)70-22-10-15-37(70)44(78)64-32(48(82)83)14-8-20-61-51(56)57/h27-38,58,71-72H,5-26H2,1-4H3,(H,62,76)(H,63,75)(H,64,78)(H,65,73)(H,66,77)(H,67,74)(H,68,79)(H,82,83)(H4,52,53,59)(H4,54,55,60)(H4,56,57,61)/t29-,30-,31-,32-,33-,34-,35-,36-,37-,38-/m0/s1. The minimum absolute atomic E-state index is 0.0133. The van der Waals surface area contributed by atoms with E-state index < -0.39 is 127 Å². The molecule has 10 atom stereocenters. The molecule has 0 aromatic carbocycles. The molecule has 23 N–H and O–H groups in total. The van der Waals surface area contributed by atoms with Crippen molar-refractivity contribution in [1.29, 1.82) is 0 Å². The van der Waals surface area contributed by atoms with Crippen LogP contribution in [0.5, 0.6) is 0 Å². The summed E-state index contributed by atoms with van der Waals surface area (Å²) in [6, 6.07) is -12.5. The van der Waals surface area contributed by atoms with Crippen LogP contribution >= 0.6 is 0 Å². The van der Waals surface area contributed by atoms with Crippen LogP contribution in [0.1, 0.15) is 118 Å². The Morgan fingerprint density at radius 3 is 1.30 bits per heavy atom. The molecule has 0 aromatic heterocycles. The molecule has 468 valence electrons. The Kier molecular flexibility index (Phi) is 29.7. The lowest BCUT2D eigenvalue weighted by atomic mass is 10.0. The summed E-state index contributed by atoms with van der Waals surface area (Å²) < 4.78 is 0. The first-order valence-electron chi connectivity index (χ1n) is 28.4. The molecule has 0 aromatic rings. The fraction of sp³-hybridized carbons (Fsp3) is 0.745. The number of hydrogen-bond acceptors (Lipinski definition) is 16. The van der Waals surface area contributed by atoms with Crippen LogP contribution in [0.3, 0.4) is 0 Å². The monoisotopic (exact) mass is 1180 g/mol. The number of carbonyl (C=O) groups excluding carboxylic acids is 9. The van der Waals surface area contributed by atoms with E-state index in [0.717, 1.165) is 6.42 Å². The molecule has 0 radical (unpaired) electrons. The van der Waals surface area contributed by atoms with Gasteiger partial charge < -0.3 is 102 Å². The predicted octanol–water partition coefficient (Wildman–Crippen LogP) is -6.56. The minimum Gasteiger partial charge on any atom is -0.480 e. The molecule has 3 saturated heterocycles. The third kappa shape index (κ3) is 23.6. The number of carboxylic acids is 1. The summed E-state index contributed by atoms with van der Waals surface area (Å²) in [4.78, 5) is 151. The molecular formula is C51H91N19O13. The molecule has 32 nitrogen and oxygen atoms in total. The van der Waals surface area contributed by atoms with E-state index in [4.69, 9.17) is 34.4 Å². The SMILES string of the molecule is CC(C)C[C@H](NC(=O)[C@@H]1CCCN1)C(=O)N[C@@H](CCCN=C(N)N)C(=O)N1CCC[C@H]1C(=O)N[C@@H](CO)C(=O)N[C@@H](CCCN=C(N)N)C(=O)N[C@@H](CO)C(=O)N[C@@H](CC(C)C)C(=O)N1CCC[C@H]1C(=O)N[C@@H](CCCN=C(N)N)C(=O)O. The Balaban J connectivity index is 1.79. The van der Waals surface area contributed by atoms with Gasteiger partial charge in [0.25, 0.3) is 0 Å². The Labute approximate surface area is 483 Å². The average molecular weight is 1180 g/mol. The fourth-order valence-corrected chi connectivity index (χ4v) is 9.89. The van der Waals surface area contributed by atoms with Gasteiger partial charge in [0.1, 0.15) is 54.4 Å². The van der Waals surface area contributed by atoms with Gasteiger partial charge in [-0.2, -0.15) is 0 Å². The van der Waals surface area contributed by atoms with Crippen LogP contribution in [-0.2, 0) is 47.9 Å². The van der Waals surface area contributed by atoms with E-state index >= 15 is 0 Å². The minimum atomic E-state index is -1.72. The average Bonchev–Trinajstić information content (AvgIpc) is 4.49. The largest absolute Gasteiger partial charge is 0.480 e. The van der Waals surface area contributed by atoms with Crippen molar-refractivity contribution < 1.29 is 63.3 Å². The number of nitrogens with one attached hydrogen (secondary N) is 8. The molecule has 3 heterocycles. The zero-order valence-electron chi connectivity index (χ0n) is 48.1. The second kappa shape index (κ2) is 35.4. The Morgan fingerprint density at radius 2 is 0.855 bits per heavy atom. The number of guanidine groups is 3. The molecule has 83 heavy (non-hydrogen) atoms. The Morgan fingerprint density at radius 1 is 0.482 bits per heavy atom. The number of aliphatic carboxylic acids is 1. The molecule has 9 amide bonds. The Hall–Kier alpha value is -7.61. The molecule has 0 spiro atoms. The van der Waals surface area contributed by atoms with Crippen molar-refractivity contribution in [3.63, 3.8) is 0 Å². The van der Waals surface area contributed by atoms with Crippen molar-refractivity contribution in [2.24, 2.45) is 61.2 Å². The second-order valence-corrected chi connectivity index (χ2v) is 21.8. The van der Waals surface area contributed by atoms with Gasteiger partial charge in [-0.25, -0.2) is 4.79 Å². The molecule has 0 bridgehead atoms. The molecule has 32 heteroatoms.